The second-order valence-corrected chi connectivity index (χ2v) is 26.4. The van der Waals surface area contributed by atoms with Crippen molar-refractivity contribution in [1.29, 1.82) is 0 Å². The minimum Gasteiger partial charge on any atom is -0.464 e. The molecule has 25 atom stereocenters. The Morgan fingerprint density at radius 2 is 1.31 bits per heavy atom. The molecule has 7 fully saturated rings. The summed E-state index contributed by atoms with van der Waals surface area (Å²) in [7, 11) is 0. The Hall–Kier alpha value is -2.75. The Labute approximate surface area is 469 Å². The summed E-state index contributed by atoms with van der Waals surface area (Å²) in [5.41, 5.74) is -2.83. The third-order valence-electron chi connectivity index (χ3n) is 21.3. The van der Waals surface area contributed by atoms with E-state index in [1.807, 2.05) is 20.8 Å². The number of allylic oxidation sites excluding steroid dienone is 3. The third kappa shape index (κ3) is 10.4. The first-order valence-corrected chi connectivity index (χ1v) is 28.9. The molecular formula is C58H92O22. The van der Waals surface area contributed by atoms with Gasteiger partial charge in [0, 0.05) is 17.9 Å². The van der Waals surface area contributed by atoms with Crippen molar-refractivity contribution in [3.8, 4) is 0 Å². The van der Waals surface area contributed by atoms with E-state index in [9.17, 15) is 65.4 Å². The lowest BCUT2D eigenvalue weighted by molar-refractivity contribution is -0.386. The normalized spacial score (nSPS) is 47.8. The Bertz CT molecular complexity index is 2290. The number of fused-ring (bicyclic) bond motifs is 7. The Morgan fingerprint density at radius 3 is 1.90 bits per heavy atom. The van der Waals surface area contributed by atoms with Crippen LogP contribution in [-0.2, 0) is 57.0 Å². The first kappa shape index (κ1) is 63.3. The minimum absolute atomic E-state index is 0.0205. The molecule has 0 spiro atoms. The van der Waals surface area contributed by atoms with E-state index in [1.165, 1.54) is 6.92 Å². The molecule has 22 heteroatoms. The van der Waals surface area contributed by atoms with E-state index in [2.05, 4.69) is 40.7 Å². The maximum atomic E-state index is 13.9. The summed E-state index contributed by atoms with van der Waals surface area (Å²) in [5.74, 6) is -2.63. The second-order valence-electron chi connectivity index (χ2n) is 26.4. The summed E-state index contributed by atoms with van der Waals surface area (Å²) in [5, 5.41) is 111. The van der Waals surface area contributed by atoms with Crippen molar-refractivity contribution in [1.82, 2.24) is 0 Å². The molecule has 456 valence electrons. The second kappa shape index (κ2) is 23.6. The summed E-state index contributed by atoms with van der Waals surface area (Å²) in [4.78, 5) is 40.4. The molecule has 0 bridgehead atoms. The zero-order chi connectivity index (χ0) is 59.0. The first-order chi connectivity index (χ1) is 37.5. The van der Waals surface area contributed by atoms with Gasteiger partial charge in [0.05, 0.1) is 44.1 Å². The highest BCUT2D eigenvalue weighted by atomic mass is 16.8. The van der Waals surface area contributed by atoms with E-state index in [4.69, 9.17) is 42.6 Å². The van der Waals surface area contributed by atoms with Crippen LogP contribution in [0, 0.1) is 50.2 Å². The fourth-order valence-electron chi connectivity index (χ4n) is 16.4. The summed E-state index contributed by atoms with van der Waals surface area (Å²) < 4.78 is 55.4. The molecule has 0 radical (unpaired) electrons. The molecule has 3 aliphatic heterocycles. The standard InChI is InChI=1S/C58H92O22/c1-12-14-21-72-49(71)44-42(69)43(77-50-40(67)38(65)32(25-60)75-50)45(79-51-41(68)39(66)37(64)31(24-59)74-51)52(78-44)76-36-18-19-55(9)33(54(36,7)8)17-20-56(10)34(55)16-15-29-30-22-53(5,6)46(73-28(4)62)47(80-48(70)27(3)13-2)58(30,26-61)35(63)23-57(29,56)11/h13,15,30-47,50-52,59-61,63-69H,12,14,16-26H2,1-11H3/b27-13-/t30?,31?,32-,33?,34?,35-,36+,37+,38?,39+,40+,41?,42-,43+,44?,45?,46+,47+,50+,51+,52-,55+,56-,57-,58+/m1/s1. The van der Waals surface area contributed by atoms with Crippen LogP contribution < -0.4 is 0 Å². The lowest BCUT2D eigenvalue weighted by Gasteiger charge is -2.72. The van der Waals surface area contributed by atoms with Gasteiger partial charge >= 0.3 is 17.9 Å². The van der Waals surface area contributed by atoms with Crippen molar-refractivity contribution >= 4 is 17.9 Å². The molecule has 8 aliphatic rings. The first-order valence-electron chi connectivity index (χ1n) is 28.9. The van der Waals surface area contributed by atoms with Crippen molar-refractivity contribution < 1.29 is 108 Å². The highest BCUT2D eigenvalue weighted by molar-refractivity contribution is 5.88. The Kier molecular flexibility index (Phi) is 18.7. The van der Waals surface area contributed by atoms with Gasteiger partial charge in [-0.25, -0.2) is 9.59 Å². The van der Waals surface area contributed by atoms with Gasteiger partial charge < -0.3 is 93.7 Å². The topological polar surface area (TPSA) is 337 Å². The van der Waals surface area contributed by atoms with Gasteiger partial charge in [-0.3, -0.25) is 4.79 Å². The number of aliphatic hydroxyl groups excluding tert-OH is 10. The number of ether oxygens (including phenoxy) is 9. The van der Waals surface area contributed by atoms with E-state index in [1.54, 1.807) is 19.9 Å². The van der Waals surface area contributed by atoms with Gasteiger partial charge in [0.15, 0.2) is 31.1 Å². The molecule has 8 rings (SSSR count). The predicted molar refractivity (Wildman–Crippen MR) is 280 cm³/mol. The Balaban J connectivity index is 1.14. The predicted octanol–water partition coefficient (Wildman–Crippen LogP) is 1.60. The molecule has 0 amide bonds. The molecule has 80 heavy (non-hydrogen) atoms. The average Bonchev–Trinajstić information content (AvgIpc) is 3.81. The van der Waals surface area contributed by atoms with Crippen LogP contribution in [0.3, 0.4) is 0 Å². The largest absolute Gasteiger partial charge is 0.464 e. The van der Waals surface area contributed by atoms with E-state index < -0.39 is 181 Å². The number of hydrogen-bond acceptors (Lipinski definition) is 22. The third-order valence-corrected chi connectivity index (χ3v) is 21.3. The molecule has 22 nitrogen and oxygen atoms in total. The lowest BCUT2D eigenvalue weighted by Crippen LogP contribution is -2.72. The van der Waals surface area contributed by atoms with Crippen molar-refractivity contribution in [2.24, 2.45) is 50.2 Å². The monoisotopic (exact) mass is 1140 g/mol. The number of carbonyl (C=O) groups excluding carboxylic acids is 3. The lowest BCUT2D eigenvalue weighted by atomic mass is 9.33. The molecule has 5 aliphatic carbocycles. The summed E-state index contributed by atoms with van der Waals surface area (Å²) >= 11 is 0. The fourth-order valence-corrected chi connectivity index (χ4v) is 16.4. The molecule has 0 aromatic heterocycles. The quantitative estimate of drug-likeness (QED) is 0.0262. The van der Waals surface area contributed by atoms with Crippen LogP contribution in [0.5, 0.6) is 0 Å². The number of hydrogen-bond donors (Lipinski definition) is 10. The average molecular weight is 1140 g/mol. The SMILES string of the molecule is C/C=C(/C)C(=O)O[C@H]1[C@H](OC(C)=O)C(C)(C)CC2C3=CCC4[C@@]5(C)CC[C@H](O[C@@H]6OC(C(=O)OCCCC)[C@H](O)[C@H](O[C@@H]7O[C@H](CO)C(O)[C@@H]7O)C6O[C@@H]6OC(CO)[C@H](O)[C@H](O)C6O)C(C)(C)C5CC[C@@]4(C)[C@]3(C)C[C@@H](O)[C@]21CO. The smallest absolute Gasteiger partial charge is 0.338 e. The van der Waals surface area contributed by atoms with Gasteiger partial charge in [0.25, 0.3) is 0 Å². The van der Waals surface area contributed by atoms with Crippen molar-refractivity contribution in [3.63, 3.8) is 0 Å². The van der Waals surface area contributed by atoms with E-state index >= 15 is 0 Å². The molecule has 4 saturated carbocycles. The zero-order valence-electron chi connectivity index (χ0n) is 48.3. The molecule has 3 saturated heterocycles. The van der Waals surface area contributed by atoms with Crippen LogP contribution in [0.25, 0.3) is 0 Å². The summed E-state index contributed by atoms with van der Waals surface area (Å²) in [6.07, 6.45) is -19.4. The molecule has 3 heterocycles. The zero-order valence-corrected chi connectivity index (χ0v) is 48.3. The maximum Gasteiger partial charge on any atom is 0.338 e. The maximum absolute atomic E-state index is 13.9. The van der Waals surface area contributed by atoms with Crippen LogP contribution in [0.2, 0.25) is 0 Å². The Morgan fingerprint density at radius 1 is 0.700 bits per heavy atom. The van der Waals surface area contributed by atoms with Gasteiger partial charge in [-0.1, -0.05) is 79.5 Å². The van der Waals surface area contributed by atoms with Gasteiger partial charge in [0.2, 0.25) is 0 Å². The van der Waals surface area contributed by atoms with Crippen LogP contribution in [0.1, 0.15) is 134 Å². The van der Waals surface area contributed by atoms with Gasteiger partial charge in [-0.15, -0.1) is 0 Å². The van der Waals surface area contributed by atoms with Crippen molar-refractivity contribution in [3.05, 3.63) is 23.3 Å². The molecular weight excluding hydrogens is 1050 g/mol. The van der Waals surface area contributed by atoms with Crippen molar-refractivity contribution in [2.45, 2.75) is 244 Å². The van der Waals surface area contributed by atoms with Crippen LogP contribution in [0.15, 0.2) is 23.3 Å². The molecule has 0 aromatic rings. The van der Waals surface area contributed by atoms with Gasteiger partial charge in [-0.05, 0) is 105 Å². The number of carbonyl (C=O) groups is 3. The van der Waals surface area contributed by atoms with Crippen molar-refractivity contribution in [2.75, 3.05) is 26.4 Å². The number of aliphatic hydroxyl groups is 10. The highest BCUT2D eigenvalue weighted by Gasteiger charge is 2.74. The molecule has 10 N–H and O–H groups in total. The molecule has 0 aromatic carbocycles. The number of unbranched alkanes of at least 4 members (excludes halogenated alkanes) is 1. The van der Waals surface area contributed by atoms with Gasteiger partial charge in [-0.2, -0.15) is 0 Å². The van der Waals surface area contributed by atoms with E-state index in [0.717, 1.165) is 5.57 Å². The van der Waals surface area contributed by atoms with Crippen LogP contribution in [0.4, 0.5) is 0 Å². The van der Waals surface area contributed by atoms with Crippen LogP contribution in [-0.4, -0.2) is 206 Å². The van der Waals surface area contributed by atoms with Gasteiger partial charge in [0.1, 0.15) is 67.1 Å². The van der Waals surface area contributed by atoms with E-state index in [-0.39, 0.29) is 30.3 Å². The van der Waals surface area contributed by atoms with Crippen LogP contribution >= 0.6 is 0 Å². The number of esters is 3. The fraction of sp³-hybridized carbons (Fsp3) is 0.879. The highest BCUT2D eigenvalue weighted by Crippen LogP contribution is 2.76. The number of rotatable bonds is 16. The minimum atomic E-state index is -1.97. The van der Waals surface area contributed by atoms with E-state index in [0.29, 0.717) is 56.9 Å². The molecule has 8 unspecified atom stereocenters. The summed E-state index contributed by atoms with van der Waals surface area (Å²) in [6.45, 7) is 19.5. The summed E-state index contributed by atoms with van der Waals surface area (Å²) in [6, 6.07) is 0.